The van der Waals surface area contributed by atoms with Gasteiger partial charge in [-0.3, -0.25) is 9.78 Å². The quantitative estimate of drug-likeness (QED) is 0.833. The highest BCUT2D eigenvalue weighted by Gasteiger charge is 2.10. The third kappa shape index (κ3) is 3.33. The Balaban J connectivity index is 2.43. The van der Waals surface area contributed by atoms with Crippen LogP contribution in [-0.4, -0.2) is 24.2 Å². The van der Waals surface area contributed by atoms with Crippen molar-refractivity contribution in [3.8, 4) is 11.5 Å². The Bertz CT molecular complexity index is 749. The van der Waals surface area contributed by atoms with Crippen LogP contribution in [0.15, 0.2) is 23.0 Å². The molecule has 2 rings (SSSR count). The van der Waals surface area contributed by atoms with Crippen LogP contribution in [-0.2, 0) is 12.8 Å². The zero-order valence-corrected chi connectivity index (χ0v) is 13.1. The Morgan fingerprint density at radius 3 is 2.48 bits per heavy atom. The summed E-state index contributed by atoms with van der Waals surface area (Å²) in [6.45, 7) is 1.98. The van der Waals surface area contributed by atoms with Crippen LogP contribution in [0.1, 0.15) is 23.7 Å². The molecule has 0 atom stereocenters. The summed E-state index contributed by atoms with van der Waals surface area (Å²) >= 11 is 5.00. The fourth-order valence-corrected chi connectivity index (χ4v) is 2.46. The molecule has 0 amide bonds. The number of methoxy groups -OCH3 is 2. The Kier molecular flexibility index (Phi) is 4.80. The van der Waals surface area contributed by atoms with Crippen molar-refractivity contribution in [1.82, 2.24) is 9.97 Å². The van der Waals surface area contributed by atoms with Gasteiger partial charge in [0.15, 0.2) is 16.3 Å². The van der Waals surface area contributed by atoms with Crippen LogP contribution in [0, 0.1) is 4.77 Å². The van der Waals surface area contributed by atoms with E-state index in [0.717, 1.165) is 17.7 Å². The highest BCUT2D eigenvalue weighted by Crippen LogP contribution is 2.28. The lowest BCUT2D eigenvalue weighted by molar-refractivity contribution is 0.354. The molecule has 6 heteroatoms. The van der Waals surface area contributed by atoms with Gasteiger partial charge in [-0.1, -0.05) is 13.0 Å². The van der Waals surface area contributed by atoms with Crippen LogP contribution in [0.2, 0.25) is 0 Å². The highest BCUT2D eigenvalue weighted by atomic mass is 32.1. The minimum absolute atomic E-state index is 0.148. The second kappa shape index (κ2) is 6.58. The van der Waals surface area contributed by atoms with Crippen molar-refractivity contribution in [2.75, 3.05) is 14.2 Å². The Labute approximate surface area is 127 Å². The summed E-state index contributed by atoms with van der Waals surface area (Å²) in [5.41, 5.74) is 2.38. The zero-order chi connectivity index (χ0) is 15.4. The van der Waals surface area contributed by atoms with E-state index in [1.807, 2.05) is 25.1 Å². The van der Waals surface area contributed by atoms with E-state index < -0.39 is 0 Å². The average molecular weight is 306 g/mol. The molecule has 0 radical (unpaired) electrons. The molecule has 0 unspecified atom stereocenters. The number of H-pyrrole nitrogens is 2. The van der Waals surface area contributed by atoms with Crippen molar-refractivity contribution in [3.05, 3.63) is 50.1 Å². The first-order valence-electron chi connectivity index (χ1n) is 6.64. The molecule has 21 heavy (non-hydrogen) atoms. The number of ether oxygens (including phenoxy) is 2. The minimum Gasteiger partial charge on any atom is -0.493 e. The van der Waals surface area contributed by atoms with Gasteiger partial charge in [-0.2, -0.15) is 0 Å². The first kappa shape index (κ1) is 15.3. The van der Waals surface area contributed by atoms with Gasteiger partial charge in [0.1, 0.15) is 0 Å². The molecule has 0 fully saturated rings. The van der Waals surface area contributed by atoms with Gasteiger partial charge in [0.25, 0.3) is 5.56 Å². The maximum Gasteiger partial charge on any atom is 0.255 e. The van der Waals surface area contributed by atoms with Crippen LogP contribution >= 0.6 is 12.2 Å². The van der Waals surface area contributed by atoms with Crippen molar-refractivity contribution in [2.24, 2.45) is 0 Å². The standard InChI is InChI=1S/C15H18N2O3S/c1-4-11-10(14(18)17-15(21)16-11)7-9-5-6-12(19-2)13(8-9)20-3/h5-6,8H,4,7H2,1-3H3,(H2,16,17,18,21). The van der Waals surface area contributed by atoms with E-state index in [1.54, 1.807) is 14.2 Å². The fourth-order valence-electron chi connectivity index (χ4n) is 2.24. The van der Waals surface area contributed by atoms with Crippen molar-refractivity contribution < 1.29 is 9.47 Å². The predicted octanol–water partition coefficient (Wildman–Crippen LogP) is 2.60. The molecule has 0 aliphatic rings. The lowest BCUT2D eigenvalue weighted by atomic mass is 10.0. The van der Waals surface area contributed by atoms with E-state index in [9.17, 15) is 4.79 Å². The molecule has 0 spiro atoms. The van der Waals surface area contributed by atoms with Gasteiger partial charge in [-0.15, -0.1) is 0 Å². The van der Waals surface area contributed by atoms with E-state index in [2.05, 4.69) is 9.97 Å². The molecule has 0 aliphatic carbocycles. The summed E-state index contributed by atoms with van der Waals surface area (Å²) in [4.78, 5) is 17.8. The van der Waals surface area contributed by atoms with Gasteiger partial charge < -0.3 is 14.5 Å². The summed E-state index contributed by atoms with van der Waals surface area (Å²) in [6.07, 6.45) is 1.22. The maximum atomic E-state index is 12.1. The van der Waals surface area contributed by atoms with Crippen molar-refractivity contribution in [2.45, 2.75) is 19.8 Å². The molecule has 5 nitrogen and oxygen atoms in total. The molecule has 1 aromatic heterocycles. The number of hydrogen-bond donors (Lipinski definition) is 2. The predicted molar refractivity (Wildman–Crippen MR) is 84.0 cm³/mol. The van der Waals surface area contributed by atoms with E-state index in [1.165, 1.54) is 0 Å². The lowest BCUT2D eigenvalue weighted by Gasteiger charge is -2.11. The average Bonchev–Trinajstić information content (AvgIpc) is 2.49. The summed E-state index contributed by atoms with van der Waals surface area (Å²) < 4.78 is 10.9. The number of benzene rings is 1. The van der Waals surface area contributed by atoms with Crippen LogP contribution in [0.3, 0.4) is 0 Å². The summed E-state index contributed by atoms with van der Waals surface area (Å²) in [5.74, 6) is 1.31. The molecule has 112 valence electrons. The topological polar surface area (TPSA) is 67.1 Å². The van der Waals surface area contributed by atoms with Crippen LogP contribution < -0.4 is 15.0 Å². The summed E-state index contributed by atoms with van der Waals surface area (Å²) in [7, 11) is 3.18. The van der Waals surface area contributed by atoms with Crippen molar-refractivity contribution in [1.29, 1.82) is 0 Å². The molecule has 2 N–H and O–H groups in total. The number of aromatic nitrogens is 2. The Morgan fingerprint density at radius 1 is 1.14 bits per heavy atom. The van der Waals surface area contributed by atoms with Crippen molar-refractivity contribution in [3.63, 3.8) is 0 Å². The first-order valence-corrected chi connectivity index (χ1v) is 7.05. The zero-order valence-electron chi connectivity index (χ0n) is 12.3. The maximum absolute atomic E-state index is 12.1. The van der Waals surface area contributed by atoms with Gasteiger partial charge in [0, 0.05) is 17.7 Å². The number of hydrogen-bond acceptors (Lipinski definition) is 4. The Hall–Kier alpha value is -2.08. The normalized spacial score (nSPS) is 10.4. The minimum atomic E-state index is -0.148. The molecule has 0 saturated carbocycles. The van der Waals surface area contributed by atoms with Crippen molar-refractivity contribution >= 4 is 12.2 Å². The van der Waals surface area contributed by atoms with Gasteiger partial charge in [-0.05, 0) is 36.3 Å². The number of aryl methyl sites for hydroxylation is 1. The Morgan fingerprint density at radius 2 is 1.86 bits per heavy atom. The molecule has 0 saturated heterocycles. The lowest BCUT2D eigenvalue weighted by Crippen LogP contribution is -2.18. The molecule has 1 aromatic carbocycles. The van der Waals surface area contributed by atoms with Crippen LogP contribution in [0.4, 0.5) is 0 Å². The molecule has 0 bridgehead atoms. The molecular formula is C15H18N2O3S. The monoisotopic (exact) mass is 306 g/mol. The summed E-state index contributed by atoms with van der Waals surface area (Å²) in [5, 5.41) is 0. The number of aromatic amines is 2. The van der Waals surface area contributed by atoms with Gasteiger partial charge in [0.05, 0.1) is 14.2 Å². The SMILES string of the molecule is CCc1[nH]c(=S)[nH]c(=O)c1Cc1ccc(OC)c(OC)c1. The van der Waals surface area contributed by atoms with E-state index in [4.69, 9.17) is 21.7 Å². The third-order valence-electron chi connectivity index (χ3n) is 3.31. The third-order valence-corrected chi connectivity index (χ3v) is 3.52. The second-order valence-electron chi connectivity index (χ2n) is 4.59. The molecule has 2 aromatic rings. The van der Waals surface area contributed by atoms with E-state index in [-0.39, 0.29) is 5.56 Å². The van der Waals surface area contributed by atoms with E-state index in [0.29, 0.717) is 28.3 Å². The number of nitrogens with one attached hydrogen (secondary N) is 2. The first-order chi connectivity index (χ1) is 10.1. The van der Waals surface area contributed by atoms with Crippen LogP contribution in [0.25, 0.3) is 0 Å². The smallest absolute Gasteiger partial charge is 0.255 e. The largest absolute Gasteiger partial charge is 0.493 e. The van der Waals surface area contributed by atoms with Crippen LogP contribution in [0.5, 0.6) is 11.5 Å². The number of rotatable bonds is 5. The molecule has 1 heterocycles. The summed E-state index contributed by atoms with van der Waals surface area (Å²) in [6, 6.07) is 5.63. The fraction of sp³-hybridized carbons (Fsp3) is 0.333. The van der Waals surface area contributed by atoms with Gasteiger partial charge in [0.2, 0.25) is 0 Å². The highest BCUT2D eigenvalue weighted by molar-refractivity contribution is 7.71. The van der Waals surface area contributed by atoms with Gasteiger partial charge in [-0.25, -0.2) is 0 Å². The second-order valence-corrected chi connectivity index (χ2v) is 4.99. The van der Waals surface area contributed by atoms with Gasteiger partial charge >= 0.3 is 0 Å². The molecule has 0 aliphatic heterocycles. The molecular weight excluding hydrogens is 288 g/mol. The van der Waals surface area contributed by atoms with E-state index >= 15 is 0 Å².